The predicted octanol–water partition coefficient (Wildman–Crippen LogP) is 2.60. The monoisotopic (exact) mass is 294 g/mol. The Hall–Kier alpha value is -1.20. The highest BCUT2D eigenvalue weighted by atomic mass is 32.2. The van der Waals surface area contributed by atoms with Gasteiger partial charge in [-0.3, -0.25) is 4.99 Å². The molecule has 1 aromatic carbocycles. The summed E-state index contributed by atoms with van der Waals surface area (Å²) in [7, 11) is 0. The van der Waals surface area contributed by atoms with Gasteiger partial charge in [-0.25, -0.2) is 0 Å². The molecule has 0 saturated carbocycles. The summed E-state index contributed by atoms with van der Waals surface area (Å²) in [6, 6.07) is 8.04. The van der Waals surface area contributed by atoms with E-state index in [1.165, 1.54) is 17.3 Å². The van der Waals surface area contributed by atoms with E-state index in [1.807, 2.05) is 18.2 Å². The topological polar surface area (TPSA) is 56.8 Å². The average Bonchev–Trinajstić information content (AvgIpc) is 2.95. The fraction of sp³-hybridized carbons (Fsp3) is 0.533. The molecule has 1 fully saturated rings. The van der Waals surface area contributed by atoms with E-state index in [-0.39, 0.29) is 6.10 Å². The third kappa shape index (κ3) is 5.43. The number of aliphatic imine (C=N–C) groups is 1. The number of thioether (sulfide) groups is 1. The normalized spacial score (nSPS) is 19.2. The molecular formula is C15H22N2O2S. The van der Waals surface area contributed by atoms with Gasteiger partial charge in [0, 0.05) is 12.4 Å². The van der Waals surface area contributed by atoms with E-state index < -0.39 is 0 Å². The van der Waals surface area contributed by atoms with Crippen LogP contribution < -0.4 is 10.5 Å². The summed E-state index contributed by atoms with van der Waals surface area (Å²) in [5.74, 6) is 1.70. The van der Waals surface area contributed by atoms with Crippen molar-refractivity contribution in [2.45, 2.75) is 25.9 Å². The van der Waals surface area contributed by atoms with Crippen molar-refractivity contribution in [3.63, 3.8) is 0 Å². The maximum absolute atomic E-state index is 5.86. The van der Waals surface area contributed by atoms with Crippen molar-refractivity contribution >= 4 is 16.9 Å². The SMILES string of the molecule is Cc1cccc(OCCSC(N)=NC[C@@H]2CCCO2)c1. The number of rotatable bonds is 6. The van der Waals surface area contributed by atoms with Gasteiger partial charge in [-0.15, -0.1) is 0 Å². The van der Waals surface area contributed by atoms with E-state index in [1.54, 1.807) is 0 Å². The van der Waals surface area contributed by atoms with Crippen LogP contribution in [0.15, 0.2) is 29.3 Å². The first-order chi connectivity index (χ1) is 9.74. The highest BCUT2D eigenvalue weighted by Crippen LogP contribution is 2.14. The van der Waals surface area contributed by atoms with Gasteiger partial charge in [0.15, 0.2) is 5.17 Å². The van der Waals surface area contributed by atoms with Gasteiger partial charge in [-0.1, -0.05) is 23.9 Å². The molecule has 0 amide bonds. The number of benzene rings is 1. The number of aryl methyl sites for hydroxylation is 1. The van der Waals surface area contributed by atoms with Crippen molar-refractivity contribution in [3.8, 4) is 5.75 Å². The summed E-state index contributed by atoms with van der Waals surface area (Å²) in [5, 5.41) is 0.619. The van der Waals surface area contributed by atoms with E-state index in [9.17, 15) is 0 Å². The summed E-state index contributed by atoms with van der Waals surface area (Å²) >= 11 is 1.53. The van der Waals surface area contributed by atoms with E-state index in [0.717, 1.165) is 31.0 Å². The van der Waals surface area contributed by atoms with Crippen LogP contribution in [0.4, 0.5) is 0 Å². The number of nitrogens with zero attached hydrogens (tertiary/aromatic N) is 1. The smallest absolute Gasteiger partial charge is 0.154 e. The van der Waals surface area contributed by atoms with Crippen molar-refractivity contribution in [2.75, 3.05) is 25.5 Å². The van der Waals surface area contributed by atoms with Gasteiger partial charge in [-0.2, -0.15) is 0 Å². The standard InChI is InChI=1S/C15H22N2O2S/c1-12-4-2-5-13(10-12)19-8-9-20-15(16)17-11-14-6-3-7-18-14/h2,4-5,10,14H,3,6-9,11H2,1H3,(H2,16,17)/t14-/m0/s1. The van der Waals surface area contributed by atoms with E-state index in [4.69, 9.17) is 15.2 Å². The van der Waals surface area contributed by atoms with Crippen LogP contribution in [0.1, 0.15) is 18.4 Å². The van der Waals surface area contributed by atoms with Gasteiger partial charge in [0.05, 0.1) is 19.3 Å². The summed E-state index contributed by atoms with van der Waals surface area (Å²) in [6.07, 6.45) is 2.49. The zero-order valence-corrected chi connectivity index (χ0v) is 12.7. The third-order valence-electron chi connectivity index (χ3n) is 3.07. The van der Waals surface area contributed by atoms with Gasteiger partial charge in [0.2, 0.25) is 0 Å². The van der Waals surface area contributed by atoms with Crippen LogP contribution in [0.3, 0.4) is 0 Å². The lowest BCUT2D eigenvalue weighted by Crippen LogP contribution is -2.15. The summed E-state index contributed by atoms with van der Waals surface area (Å²) in [4.78, 5) is 4.34. The van der Waals surface area contributed by atoms with Crippen molar-refractivity contribution in [2.24, 2.45) is 10.7 Å². The predicted molar refractivity (Wildman–Crippen MR) is 84.6 cm³/mol. The molecule has 110 valence electrons. The molecule has 2 rings (SSSR count). The molecule has 0 unspecified atom stereocenters. The van der Waals surface area contributed by atoms with Crippen molar-refractivity contribution in [1.29, 1.82) is 0 Å². The Morgan fingerprint density at radius 2 is 2.45 bits per heavy atom. The van der Waals surface area contributed by atoms with Crippen molar-refractivity contribution in [1.82, 2.24) is 0 Å². The minimum atomic E-state index is 0.262. The van der Waals surface area contributed by atoms with Gasteiger partial charge < -0.3 is 15.2 Å². The first-order valence-corrected chi connectivity index (χ1v) is 7.96. The van der Waals surface area contributed by atoms with Crippen LogP contribution in [-0.4, -0.2) is 36.8 Å². The van der Waals surface area contributed by atoms with E-state index in [0.29, 0.717) is 18.3 Å². The van der Waals surface area contributed by atoms with Crippen LogP contribution in [0.2, 0.25) is 0 Å². The number of hydrogen-bond donors (Lipinski definition) is 1. The Balaban J connectivity index is 1.61. The summed E-state index contributed by atoms with van der Waals surface area (Å²) in [6.45, 7) is 4.22. The number of ether oxygens (including phenoxy) is 2. The lowest BCUT2D eigenvalue weighted by atomic mass is 10.2. The lowest BCUT2D eigenvalue weighted by molar-refractivity contribution is 0.118. The maximum Gasteiger partial charge on any atom is 0.154 e. The van der Waals surface area contributed by atoms with Gasteiger partial charge >= 0.3 is 0 Å². The molecule has 1 aliphatic rings. The van der Waals surface area contributed by atoms with Crippen LogP contribution in [-0.2, 0) is 4.74 Å². The molecule has 1 aliphatic heterocycles. The highest BCUT2D eigenvalue weighted by molar-refractivity contribution is 8.13. The van der Waals surface area contributed by atoms with E-state index in [2.05, 4.69) is 18.0 Å². The third-order valence-corrected chi connectivity index (χ3v) is 3.86. The van der Waals surface area contributed by atoms with Crippen LogP contribution in [0.5, 0.6) is 5.75 Å². The average molecular weight is 294 g/mol. The molecule has 1 atom stereocenters. The second-order valence-electron chi connectivity index (χ2n) is 4.83. The molecule has 0 bridgehead atoms. The van der Waals surface area contributed by atoms with Crippen LogP contribution in [0.25, 0.3) is 0 Å². The molecular weight excluding hydrogens is 272 g/mol. The maximum atomic E-state index is 5.86. The Morgan fingerprint density at radius 3 is 3.20 bits per heavy atom. The lowest BCUT2D eigenvalue weighted by Gasteiger charge is -2.08. The molecule has 0 radical (unpaired) electrons. The largest absolute Gasteiger partial charge is 0.493 e. The Kier molecular flexibility index (Phi) is 6.21. The second-order valence-corrected chi connectivity index (χ2v) is 5.94. The zero-order chi connectivity index (χ0) is 14.2. The second kappa shape index (κ2) is 8.17. The summed E-state index contributed by atoms with van der Waals surface area (Å²) in [5.41, 5.74) is 7.06. The summed E-state index contributed by atoms with van der Waals surface area (Å²) < 4.78 is 11.2. The van der Waals surface area contributed by atoms with Crippen molar-refractivity contribution < 1.29 is 9.47 Å². The number of nitrogens with two attached hydrogens (primary N) is 1. The molecule has 1 saturated heterocycles. The molecule has 5 heteroatoms. The first kappa shape index (κ1) is 15.2. The number of hydrogen-bond acceptors (Lipinski definition) is 4. The van der Waals surface area contributed by atoms with Crippen LogP contribution >= 0.6 is 11.8 Å². The van der Waals surface area contributed by atoms with Gasteiger partial charge in [0.25, 0.3) is 0 Å². The quantitative estimate of drug-likeness (QED) is 0.498. The van der Waals surface area contributed by atoms with Gasteiger partial charge in [0.1, 0.15) is 5.75 Å². The molecule has 0 aliphatic carbocycles. The molecule has 2 N–H and O–H groups in total. The zero-order valence-electron chi connectivity index (χ0n) is 11.9. The molecule has 20 heavy (non-hydrogen) atoms. The fourth-order valence-electron chi connectivity index (χ4n) is 2.04. The minimum Gasteiger partial charge on any atom is -0.493 e. The minimum absolute atomic E-state index is 0.262. The Bertz CT molecular complexity index is 445. The molecule has 1 aromatic rings. The molecule has 0 spiro atoms. The highest BCUT2D eigenvalue weighted by Gasteiger charge is 2.14. The van der Waals surface area contributed by atoms with Crippen LogP contribution in [0, 0.1) is 6.92 Å². The Morgan fingerprint density at radius 1 is 1.55 bits per heavy atom. The van der Waals surface area contributed by atoms with Crippen molar-refractivity contribution in [3.05, 3.63) is 29.8 Å². The molecule has 0 aromatic heterocycles. The first-order valence-electron chi connectivity index (χ1n) is 6.98. The van der Waals surface area contributed by atoms with E-state index >= 15 is 0 Å². The van der Waals surface area contributed by atoms with Gasteiger partial charge in [-0.05, 0) is 37.5 Å². The molecule has 1 heterocycles. The number of amidine groups is 1. The fourth-order valence-corrected chi connectivity index (χ4v) is 2.58. The Labute approximate surface area is 124 Å². The molecule has 4 nitrogen and oxygen atoms in total.